The Hall–Kier alpha value is -2.16. The summed E-state index contributed by atoms with van der Waals surface area (Å²) in [6.07, 6.45) is -3.19. The Morgan fingerprint density at radius 3 is 2.63 bits per heavy atom. The molecule has 2 rings (SSSR count). The number of piperidine rings is 1. The molecule has 0 saturated carbocycles. The zero-order valence-electron chi connectivity index (χ0n) is 16.9. The largest absolute Gasteiger partial charge is 0.453 e. The summed E-state index contributed by atoms with van der Waals surface area (Å²) in [5.41, 5.74) is -0.427. The van der Waals surface area contributed by atoms with Crippen molar-refractivity contribution < 1.29 is 22.7 Å². The van der Waals surface area contributed by atoms with Crippen molar-refractivity contribution in [3.05, 3.63) is 35.4 Å². The second-order valence-corrected chi connectivity index (χ2v) is 6.45. The van der Waals surface area contributed by atoms with Gasteiger partial charge in [-0.1, -0.05) is 17.9 Å². The van der Waals surface area contributed by atoms with Gasteiger partial charge in [-0.25, -0.2) is 9.79 Å². The van der Waals surface area contributed by atoms with Crippen molar-refractivity contribution in [2.75, 3.05) is 33.3 Å². The molecule has 0 bridgehead atoms. The van der Waals surface area contributed by atoms with Crippen LogP contribution in [0.25, 0.3) is 0 Å². The zero-order chi connectivity index (χ0) is 21.3. The van der Waals surface area contributed by atoms with Gasteiger partial charge in [0.1, 0.15) is 6.54 Å². The predicted octanol–water partition coefficient (Wildman–Crippen LogP) is 3.46. The van der Waals surface area contributed by atoms with Crippen LogP contribution >= 0.6 is 24.0 Å². The van der Waals surface area contributed by atoms with E-state index in [1.807, 2.05) is 6.92 Å². The molecule has 6 nitrogen and oxygen atoms in total. The Kier molecular flexibility index (Phi) is 10.8. The number of likely N-dealkylation sites (tertiary alicyclic amines) is 1. The summed E-state index contributed by atoms with van der Waals surface area (Å²) in [5.74, 6) is 6.08. The van der Waals surface area contributed by atoms with Crippen LogP contribution in [0.4, 0.5) is 18.0 Å². The van der Waals surface area contributed by atoms with Gasteiger partial charge in [0.25, 0.3) is 0 Å². The summed E-state index contributed by atoms with van der Waals surface area (Å²) >= 11 is 0. The van der Waals surface area contributed by atoms with Gasteiger partial charge < -0.3 is 20.3 Å². The van der Waals surface area contributed by atoms with Gasteiger partial charge in [-0.3, -0.25) is 0 Å². The van der Waals surface area contributed by atoms with Gasteiger partial charge in [0.2, 0.25) is 0 Å². The second-order valence-electron chi connectivity index (χ2n) is 6.45. The average molecular weight is 538 g/mol. The van der Waals surface area contributed by atoms with Crippen LogP contribution in [0.2, 0.25) is 0 Å². The second kappa shape index (κ2) is 12.5. The Morgan fingerprint density at radius 1 is 1.33 bits per heavy atom. The Morgan fingerprint density at radius 2 is 2.03 bits per heavy atom. The number of methoxy groups -OCH3 is 1. The molecule has 0 aliphatic carbocycles. The number of guanidine groups is 1. The van der Waals surface area contributed by atoms with Gasteiger partial charge in [0, 0.05) is 31.2 Å². The standard InChI is InChI=1S/C20H25F3N4O2.HI/c1-3-24-18(26-17-9-12-27(13-10-17)19(28)29-2)25-11-5-7-15-6-4-8-16(14-15)20(21,22)23;/h4,6,8,14,17H,3,9-13H2,1-2H3,(H2,24,25,26);1H. The van der Waals surface area contributed by atoms with Gasteiger partial charge in [-0.15, -0.1) is 24.0 Å². The van der Waals surface area contributed by atoms with Crippen molar-refractivity contribution in [1.29, 1.82) is 0 Å². The minimum Gasteiger partial charge on any atom is -0.453 e. The number of aliphatic imine (C=N–C) groups is 1. The number of alkyl halides is 3. The fourth-order valence-electron chi connectivity index (χ4n) is 2.88. The minimum absolute atomic E-state index is 0. The number of hydrogen-bond donors (Lipinski definition) is 2. The lowest BCUT2D eigenvalue weighted by Gasteiger charge is -2.32. The van der Waals surface area contributed by atoms with Crippen molar-refractivity contribution in [3.63, 3.8) is 0 Å². The van der Waals surface area contributed by atoms with Crippen LogP contribution in [0.1, 0.15) is 30.9 Å². The maximum atomic E-state index is 12.7. The summed E-state index contributed by atoms with van der Waals surface area (Å²) in [6.45, 7) is 3.93. The predicted molar refractivity (Wildman–Crippen MR) is 120 cm³/mol. The lowest BCUT2D eigenvalue weighted by atomic mass is 10.1. The van der Waals surface area contributed by atoms with E-state index in [0.717, 1.165) is 25.0 Å². The molecule has 166 valence electrons. The highest BCUT2D eigenvalue weighted by atomic mass is 127. The molecule has 1 aliphatic heterocycles. The fraction of sp³-hybridized carbons (Fsp3) is 0.500. The lowest BCUT2D eigenvalue weighted by Crippen LogP contribution is -2.49. The van der Waals surface area contributed by atoms with Crippen molar-refractivity contribution >= 4 is 36.0 Å². The van der Waals surface area contributed by atoms with Crippen LogP contribution in [-0.2, 0) is 10.9 Å². The monoisotopic (exact) mass is 538 g/mol. The SMILES string of the molecule is CCNC(=NCC#Cc1cccc(C(F)(F)F)c1)NC1CCN(C(=O)OC)CC1.I. The molecule has 0 unspecified atom stereocenters. The lowest BCUT2D eigenvalue weighted by molar-refractivity contribution is -0.137. The van der Waals surface area contributed by atoms with E-state index in [1.54, 1.807) is 4.90 Å². The number of ether oxygens (including phenoxy) is 1. The Balaban J connectivity index is 0.00000450. The molecule has 1 heterocycles. The molecule has 2 N–H and O–H groups in total. The molecule has 0 atom stereocenters. The van der Waals surface area contributed by atoms with Crippen molar-refractivity contribution in [3.8, 4) is 11.8 Å². The average Bonchev–Trinajstić information content (AvgIpc) is 2.71. The summed E-state index contributed by atoms with van der Waals surface area (Å²) in [4.78, 5) is 17.5. The summed E-state index contributed by atoms with van der Waals surface area (Å²) in [7, 11) is 1.36. The van der Waals surface area contributed by atoms with E-state index < -0.39 is 11.7 Å². The van der Waals surface area contributed by atoms with E-state index in [1.165, 1.54) is 19.2 Å². The third kappa shape index (κ3) is 8.30. The molecule has 0 aromatic heterocycles. The number of amides is 1. The fourth-order valence-corrected chi connectivity index (χ4v) is 2.88. The van der Waals surface area contributed by atoms with Crippen LogP contribution in [0, 0.1) is 11.8 Å². The molecule has 1 amide bonds. The van der Waals surface area contributed by atoms with Gasteiger partial charge in [-0.2, -0.15) is 13.2 Å². The zero-order valence-corrected chi connectivity index (χ0v) is 19.2. The first-order chi connectivity index (χ1) is 13.8. The first-order valence-electron chi connectivity index (χ1n) is 9.37. The van der Waals surface area contributed by atoms with E-state index >= 15 is 0 Å². The number of carbonyl (C=O) groups is 1. The molecular formula is C20H26F3IN4O2. The number of hydrogen-bond acceptors (Lipinski definition) is 3. The number of halogens is 4. The smallest absolute Gasteiger partial charge is 0.416 e. The molecule has 1 aromatic rings. The van der Waals surface area contributed by atoms with Crippen molar-refractivity contribution in [1.82, 2.24) is 15.5 Å². The van der Waals surface area contributed by atoms with E-state index in [0.29, 0.717) is 31.2 Å². The maximum Gasteiger partial charge on any atom is 0.416 e. The maximum absolute atomic E-state index is 12.7. The van der Waals surface area contributed by atoms with Crippen LogP contribution in [0.5, 0.6) is 0 Å². The molecule has 1 fully saturated rings. The van der Waals surface area contributed by atoms with E-state index in [4.69, 9.17) is 4.74 Å². The first-order valence-corrected chi connectivity index (χ1v) is 9.37. The molecule has 0 spiro atoms. The number of carbonyl (C=O) groups excluding carboxylic acids is 1. The number of nitrogens with one attached hydrogen (secondary N) is 2. The summed E-state index contributed by atoms with van der Waals surface area (Å²) < 4.78 is 43.0. The van der Waals surface area contributed by atoms with E-state index in [-0.39, 0.29) is 42.7 Å². The normalized spacial score (nSPS) is 14.8. The van der Waals surface area contributed by atoms with Crippen molar-refractivity contribution in [2.24, 2.45) is 4.99 Å². The highest BCUT2D eigenvalue weighted by Crippen LogP contribution is 2.29. The highest BCUT2D eigenvalue weighted by Gasteiger charge is 2.30. The third-order valence-corrected chi connectivity index (χ3v) is 4.35. The topological polar surface area (TPSA) is 66.0 Å². The van der Waals surface area contributed by atoms with Crippen molar-refractivity contribution in [2.45, 2.75) is 32.0 Å². The molecule has 10 heteroatoms. The quantitative estimate of drug-likeness (QED) is 0.268. The Labute approximate surface area is 191 Å². The molecular weight excluding hydrogens is 512 g/mol. The number of benzene rings is 1. The van der Waals surface area contributed by atoms with Gasteiger partial charge >= 0.3 is 12.3 Å². The van der Waals surface area contributed by atoms with Crippen LogP contribution in [0.3, 0.4) is 0 Å². The Bertz CT molecular complexity index is 782. The van der Waals surface area contributed by atoms with E-state index in [2.05, 4.69) is 27.5 Å². The van der Waals surface area contributed by atoms with Crippen LogP contribution in [-0.4, -0.2) is 56.3 Å². The van der Waals surface area contributed by atoms with Gasteiger partial charge in [0.05, 0.1) is 12.7 Å². The molecule has 1 saturated heterocycles. The van der Waals surface area contributed by atoms with Gasteiger partial charge in [0.15, 0.2) is 5.96 Å². The van der Waals surface area contributed by atoms with E-state index in [9.17, 15) is 18.0 Å². The highest BCUT2D eigenvalue weighted by molar-refractivity contribution is 14.0. The molecule has 1 aliphatic rings. The summed E-state index contributed by atoms with van der Waals surface area (Å²) in [6, 6.07) is 5.06. The summed E-state index contributed by atoms with van der Waals surface area (Å²) in [5, 5.41) is 6.43. The molecule has 0 radical (unpaired) electrons. The van der Waals surface area contributed by atoms with Gasteiger partial charge in [-0.05, 0) is 38.0 Å². The number of rotatable bonds is 3. The minimum atomic E-state index is -4.39. The number of nitrogens with zero attached hydrogens (tertiary/aromatic N) is 2. The first kappa shape index (κ1) is 25.9. The molecule has 30 heavy (non-hydrogen) atoms. The molecule has 1 aromatic carbocycles. The van der Waals surface area contributed by atoms with Crippen LogP contribution < -0.4 is 10.6 Å². The van der Waals surface area contributed by atoms with Crippen LogP contribution in [0.15, 0.2) is 29.3 Å². The third-order valence-electron chi connectivity index (χ3n) is 4.35.